The summed E-state index contributed by atoms with van der Waals surface area (Å²) in [6, 6.07) is 10.8. The first kappa shape index (κ1) is 14.4. The Labute approximate surface area is 129 Å². The van der Waals surface area contributed by atoms with Crippen molar-refractivity contribution >= 4 is 5.91 Å². The molecule has 1 aliphatic rings. The van der Waals surface area contributed by atoms with Gasteiger partial charge in [0.1, 0.15) is 5.75 Å². The van der Waals surface area contributed by atoms with Crippen LogP contribution in [-0.4, -0.2) is 13.0 Å². The standard InChI is InChI=1S/C17H18N2O3/c1-22-15-6-4-13(5-7-15)16(12-2-3-12)18-17(20)14-8-10-19(21)11-9-14/h4-12,16H,2-3H2,1H3,(H,18,20). The van der Waals surface area contributed by atoms with Crippen molar-refractivity contribution < 1.29 is 14.3 Å². The van der Waals surface area contributed by atoms with E-state index in [-0.39, 0.29) is 11.9 Å². The van der Waals surface area contributed by atoms with Gasteiger partial charge in [-0.15, -0.1) is 0 Å². The summed E-state index contributed by atoms with van der Waals surface area (Å²) in [5, 5.41) is 14.1. The van der Waals surface area contributed by atoms with E-state index in [1.807, 2.05) is 24.3 Å². The van der Waals surface area contributed by atoms with E-state index in [1.54, 1.807) is 7.11 Å². The van der Waals surface area contributed by atoms with Gasteiger partial charge in [0.05, 0.1) is 18.7 Å². The third-order valence-corrected chi connectivity index (χ3v) is 3.92. The van der Waals surface area contributed by atoms with Gasteiger partial charge < -0.3 is 15.3 Å². The Kier molecular flexibility index (Phi) is 3.96. The zero-order valence-corrected chi connectivity index (χ0v) is 12.4. The number of carbonyl (C=O) groups excluding carboxylic acids is 1. The monoisotopic (exact) mass is 298 g/mol. The van der Waals surface area contributed by atoms with Crippen molar-refractivity contribution in [2.75, 3.05) is 7.11 Å². The number of benzene rings is 1. The van der Waals surface area contributed by atoms with Crippen molar-refractivity contribution in [2.45, 2.75) is 18.9 Å². The van der Waals surface area contributed by atoms with Gasteiger partial charge >= 0.3 is 0 Å². The minimum absolute atomic E-state index is 0.00186. The minimum Gasteiger partial charge on any atom is -0.619 e. The smallest absolute Gasteiger partial charge is 0.252 e. The molecule has 22 heavy (non-hydrogen) atoms. The van der Waals surface area contributed by atoms with Crippen molar-refractivity contribution in [1.82, 2.24) is 5.32 Å². The number of aromatic nitrogens is 1. The van der Waals surface area contributed by atoms with Crippen LogP contribution in [0.25, 0.3) is 0 Å². The average molecular weight is 298 g/mol. The zero-order chi connectivity index (χ0) is 15.5. The number of ether oxygens (including phenoxy) is 1. The van der Waals surface area contributed by atoms with Crippen molar-refractivity contribution in [3.8, 4) is 5.75 Å². The molecule has 1 fully saturated rings. The zero-order valence-electron chi connectivity index (χ0n) is 12.4. The molecule has 2 aromatic rings. The largest absolute Gasteiger partial charge is 0.619 e. The Morgan fingerprint density at radius 2 is 1.86 bits per heavy atom. The fourth-order valence-corrected chi connectivity index (χ4v) is 2.50. The predicted molar refractivity (Wildman–Crippen MR) is 81.3 cm³/mol. The van der Waals surface area contributed by atoms with Crippen molar-refractivity contribution in [3.05, 3.63) is 65.1 Å². The summed E-state index contributed by atoms with van der Waals surface area (Å²) in [5.41, 5.74) is 1.57. The van der Waals surface area contributed by atoms with Crippen LogP contribution in [0.4, 0.5) is 0 Å². The number of pyridine rings is 1. The van der Waals surface area contributed by atoms with Gasteiger partial charge in [0.2, 0.25) is 0 Å². The van der Waals surface area contributed by atoms with Crippen LogP contribution in [0.2, 0.25) is 0 Å². The lowest BCUT2D eigenvalue weighted by Gasteiger charge is -2.19. The average Bonchev–Trinajstić information content (AvgIpc) is 3.38. The summed E-state index contributed by atoms with van der Waals surface area (Å²) < 4.78 is 5.83. The number of hydrogen-bond donors (Lipinski definition) is 1. The topological polar surface area (TPSA) is 65.3 Å². The summed E-state index contributed by atoms with van der Waals surface area (Å²) in [5.74, 6) is 1.12. The van der Waals surface area contributed by atoms with Crippen LogP contribution in [0.5, 0.6) is 5.75 Å². The molecule has 1 amide bonds. The molecule has 1 saturated carbocycles. The lowest BCUT2D eigenvalue weighted by molar-refractivity contribution is -0.605. The first-order valence-corrected chi connectivity index (χ1v) is 7.31. The fourth-order valence-electron chi connectivity index (χ4n) is 2.50. The number of amides is 1. The quantitative estimate of drug-likeness (QED) is 0.680. The summed E-state index contributed by atoms with van der Waals surface area (Å²) in [7, 11) is 1.63. The maximum absolute atomic E-state index is 12.3. The molecule has 0 bridgehead atoms. The molecule has 1 unspecified atom stereocenters. The Hall–Kier alpha value is -2.56. The molecule has 0 spiro atoms. The van der Waals surface area contributed by atoms with E-state index < -0.39 is 0 Å². The second-order valence-electron chi connectivity index (χ2n) is 5.51. The summed E-state index contributed by atoms with van der Waals surface area (Å²) in [6.07, 6.45) is 4.89. The number of methoxy groups -OCH3 is 1. The predicted octanol–water partition coefficient (Wildman–Crippen LogP) is 2.21. The number of nitrogens with one attached hydrogen (secondary N) is 1. The molecule has 3 rings (SSSR count). The molecule has 0 aliphatic heterocycles. The molecule has 114 valence electrons. The summed E-state index contributed by atoms with van der Waals surface area (Å²) in [4.78, 5) is 12.3. The summed E-state index contributed by atoms with van der Waals surface area (Å²) >= 11 is 0. The highest BCUT2D eigenvalue weighted by Gasteiger charge is 2.33. The Bertz CT molecular complexity index is 649. The van der Waals surface area contributed by atoms with Crippen LogP contribution in [0, 0.1) is 11.1 Å². The van der Waals surface area contributed by atoms with Gasteiger partial charge in [-0.3, -0.25) is 4.79 Å². The van der Waals surface area contributed by atoms with Crippen LogP contribution in [-0.2, 0) is 0 Å². The molecular formula is C17H18N2O3. The van der Waals surface area contributed by atoms with Crippen molar-refractivity contribution in [1.29, 1.82) is 0 Å². The minimum atomic E-state index is -0.159. The lowest BCUT2D eigenvalue weighted by Crippen LogP contribution is -2.31. The first-order valence-electron chi connectivity index (χ1n) is 7.31. The maximum Gasteiger partial charge on any atom is 0.252 e. The van der Waals surface area contributed by atoms with Gasteiger partial charge in [0.25, 0.3) is 5.91 Å². The molecule has 0 radical (unpaired) electrons. The number of carbonyl (C=O) groups is 1. The van der Waals surface area contributed by atoms with Crippen molar-refractivity contribution in [3.63, 3.8) is 0 Å². The number of hydrogen-bond acceptors (Lipinski definition) is 3. The molecule has 5 nitrogen and oxygen atoms in total. The highest BCUT2D eigenvalue weighted by Crippen LogP contribution is 2.41. The van der Waals surface area contributed by atoms with Crippen LogP contribution in [0.3, 0.4) is 0 Å². The van der Waals surface area contributed by atoms with E-state index in [0.29, 0.717) is 16.2 Å². The van der Waals surface area contributed by atoms with Gasteiger partial charge in [-0.2, -0.15) is 4.73 Å². The molecule has 1 N–H and O–H groups in total. The van der Waals surface area contributed by atoms with Crippen LogP contribution in [0.15, 0.2) is 48.8 Å². The van der Waals surface area contributed by atoms with Crippen LogP contribution >= 0.6 is 0 Å². The van der Waals surface area contributed by atoms with E-state index in [9.17, 15) is 10.0 Å². The van der Waals surface area contributed by atoms with Gasteiger partial charge in [-0.05, 0) is 36.5 Å². The number of nitrogens with zero attached hydrogens (tertiary/aromatic N) is 1. The van der Waals surface area contributed by atoms with Crippen LogP contribution in [0.1, 0.15) is 34.8 Å². The lowest BCUT2D eigenvalue weighted by atomic mass is 10.0. The van der Waals surface area contributed by atoms with Gasteiger partial charge in [0, 0.05) is 12.1 Å². The van der Waals surface area contributed by atoms with Gasteiger partial charge in [-0.25, -0.2) is 0 Å². The van der Waals surface area contributed by atoms with E-state index >= 15 is 0 Å². The van der Waals surface area contributed by atoms with E-state index in [1.165, 1.54) is 24.5 Å². The second-order valence-corrected chi connectivity index (χ2v) is 5.51. The first-order chi connectivity index (χ1) is 10.7. The third kappa shape index (κ3) is 3.19. The Balaban J connectivity index is 1.76. The molecular weight excluding hydrogens is 280 g/mol. The highest BCUT2D eigenvalue weighted by atomic mass is 16.5. The normalized spacial score (nSPS) is 15.1. The van der Waals surface area contributed by atoms with Crippen LogP contribution < -0.4 is 14.8 Å². The fraction of sp³-hybridized carbons (Fsp3) is 0.294. The highest BCUT2D eigenvalue weighted by molar-refractivity contribution is 5.94. The molecule has 1 aliphatic carbocycles. The Morgan fingerprint density at radius 3 is 2.41 bits per heavy atom. The molecule has 1 heterocycles. The Morgan fingerprint density at radius 1 is 1.23 bits per heavy atom. The number of rotatable bonds is 5. The van der Waals surface area contributed by atoms with E-state index in [2.05, 4.69) is 5.32 Å². The van der Waals surface area contributed by atoms with Gasteiger partial charge in [0.15, 0.2) is 12.4 Å². The second kappa shape index (κ2) is 6.05. The molecule has 1 aromatic heterocycles. The molecule has 1 aromatic carbocycles. The van der Waals surface area contributed by atoms with Crippen molar-refractivity contribution in [2.24, 2.45) is 5.92 Å². The van der Waals surface area contributed by atoms with Gasteiger partial charge in [-0.1, -0.05) is 12.1 Å². The van der Waals surface area contributed by atoms with E-state index in [0.717, 1.165) is 24.2 Å². The third-order valence-electron chi connectivity index (χ3n) is 3.92. The molecule has 0 saturated heterocycles. The van der Waals surface area contributed by atoms with E-state index in [4.69, 9.17) is 4.74 Å². The summed E-state index contributed by atoms with van der Waals surface area (Å²) in [6.45, 7) is 0. The SMILES string of the molecule is COc1ccc(C(NC(=O)c2cc[n+]([O-])cc2)C2CC2)cc1. The maximum atomic E-state index is 12.3. The molecule has 1 atom stereocenters. The molecule has 5 heteroatoms.